The summed E-state index contributed by atoms with van der Waals surface area (Å²) in [5.41, 5.74) is 0.298. The van der Waals surface area contributed by atoms with Crippen LogP contribution in [0.25, 0.3) is 0 Å². The number of para-hydroxylation sites is 1. The maximum atomic E-state index is 12.5. The molecule has 0 heterocycles. The van der Waals surface area contributed by atoms with Crippen LogP contribution in [0.5, 0.6) is 11.5 Å². The van der Waals surface area contributed by atoms with Gasteiger partial charge in [-0.2, -0.15) is 0 Å². The fourth-order valence-corrected chi connectivity index (χ4v) is 2.42. The van der Waals surface area contributed by atoms with Crippen molar-refractivity contribution < 1.29 is 24.1 Å². The molecule has 0 aliphatic heterocycles. The van der Waals surface area contributed by atoms with Crippen LogP contribution in [0.3, 0.4) is 0 Å². The lowest BCUT2D eigenvalue weighted by molar-refractivity contribution is -0.894. The van der Waals surface area contributed by atoms with Crippen molar-refractivity contribution in [2.75, 3.05) is 32.6 Å². The van der Waals surface area contributed by atoms with Crippen molar-refractivity contribution in [3.63, 3.8) is 0 Å². The Morgan fingerprint density at radius 2 is 1.96 bits per heavy atom. The van der Waals surface area contributed by atoms with Crippen LogP contribution in [-0.2, 0) is 4.79 Å². The Morgan fingerprint density at radius 3 is 2.59 bits per heavy atom. The first-order valence-corrected chi connectivity index (χ1v) is 8.56. The molecule has 0 aromatic heterocycles. The quantitative estimate of drug-likeness (QED) is 0.513. The zero-order valence-electron chi connectivity index (χ0n) is 15.6. The van der Waals surface area contributed by atoms with E-state index in [0.717, 1.165) is 10.6 Å². The normalized spacial score (nSPS) is 12.7. The van der Waals surface area contributed by atoms with Gasteiger partial charge in [-0.3, -0.25) is 14.9 Å². The van der Waals surface area contributed by atoms with Gasteiger partial charge in [-0.05, 0) is 25.1 Å². The van der Waals surface area contributed by atoms with Crippen LogP contribution in [-0.4, -0.2) is 44.2 Å². The summed E-state index contributed by atoms with van der Waals surface area (Å²) >= 11 is 0. The number of amides is 1. The first kappa shape index (κ1) is 20.2. The molecule has 27 heavy (non-hydrogen) atoms. The third-order valence-corrected chi connectivity index (χ3v) is 4.29. The lowest BCUT2D eigenvalue weighted by Gasteiger charge is -2.21. The van der Waals surface area contributed by atoms with E-state index in [4.69, 9.17) is 9.47 Å². The third-order valence-electron chi connectivity index (χ3n) is 4.29. The van der Waals surface area contributed by atoms with Crippen molar-refractivity contribution in [3.8, 4) is 11.5 Å². The first-order chi connectivity index (χ1) is 12.9. The predicted molar refractivity (Wildman–Crippen MR) is 101 cm³/mol. The van der Waals surface area contributed by atoms with Crippen LogP contribution in [0.1, 0.15) is 6.92 Å². The van der Waals surface area contributed by atoms with Gasteiger partial charge in [0.2, 0.25) is 0 Å². The molecule has 0 aliphatic rings. The monoisotopic (exact) mass is 374 g/mol. The Balaban J connectivity index is 1.91. The highest BCUT2D eigenvalue weighted by molar-refractivity contribution is 5.95. The highest BCUT2D eigenvalue weighted by atomic mass is 16.6. The second-order valence-electron chi connectivity index (χ2n) is 6.11. The standard InChI is InChI=1S/C19H23N3O5/c1-14(21(2)11-12-27-16-7-5-4-6-8-16)19(23)20-17-10-9-15(22(24)25)13-18(17)26-3/h4-10,13-14H,11-12H2,1-3H3,(H,20,23)/p+1/t14-/m1/s1. The zero-order chi connectivity index (χ0) is 19.8. The minimum absolute atomic E-state index is 0.0984. The molecule has 2 atom stereocenters. The average Bonchev–Trinajstić information content (AvgIpc) is 2.68. The lowest BCUT2D eigenvalue weighted by Crippen LogP contribution is -3.14. The highest BCUT2D eigenvalue weighted by Gasteiger charge is 2.23. The summed E-state index contributed by atoms with van der Waals surface area (Å²) in [5.74, 6) is 0.826. The number of carbonyl (C=O) groups is 1. The average molecular weight is 374 g/mol. The van der Waals surface area contributed by atoms with E-state index in [2.05, 4.69) is 5.32 Å². The van der Waals surface area contributed by atoms with Gasteiger partial charge in [0.15, 0.2) is 6.04 Å². The van der Waals surface area contributed by atoms with Gasteiger partial charge in [-0.1, -0.05) is 18.2 Å². The molecule has 0 aliphatic carbocycles. The van der Waals surface area contributed by atoms with E-state index >= 15 is 0 Å². The molecule has 1 unspecified atom stereocenters. The maximum Gasteiger partial charge on any atom is 0.282 e. The van der Waals surface area contributed by atoms with Crippen molar-refractivity contribution >= 4 is 17.3 Å². The molecule has 0 fully saturated rings. The smallest absolute Gasteiger partial charge is 0.282 e. The number of benzene rings is 2. The maximum absolute atomic E-state index is 12.5. The van der Waals surface area contributed by atoms with Gasteiger partial charge >= 0.3 is 0 Å². The Hall–Kier alpha value is -3.13. The zero-order valence-corrected chi connectivity index (χ0v) is 15.6. The Labute approximate surface area is 157 Å². The Bertz CT molecular complexity index is 782. The molecular weight excluding hydrogens is 350 g/mol. The summed E-state index contributed by atoms with van der Waals surface area (Å²) in [5, 5.41) is 13.6. The number of rotatable bonds is 9. The molecule has 0 saturated heterocycles. The largest absolute Gasteiger partial charge is 0.494 e. The number of likely N-dealkylation sites (N-methyl/N-ethyl adjacent to an activating group) is 1. The minimum Gasteiger partial charge on any atom is -0.494 e. The summed E-state index contributed by atoms with van der Waals surface area (Å²) in [6, 6.07) is 13.2. The number of nitrogens with one attached hydrogen (secondary N) is 2. The fraction of sp³-hybridized carbons (Fsp3) is 0.316. The summed E-state index contributed by atoms with van der Waals surface area (Å²) in [7, 11) is 3.31. The number of nitro groups is 1. The molecular formula is C19H24N3O5+. The van der Waals surface area contributed by atoms with E-state index in [9.17, 15) is 14.9 Å². The van der Waals surface area contributed by atoms with E-state index in [1.165, 1.54) is 25.3 Å². The molecule has 2 aromatic carbocycles. The number of carbonyl (C=O) groups excluding carboxylic acids is 1. The molecule has 2 rings (SSSR count). The van der Waals surface area contributed by atoms with Gasteiger partial charge in [-0.25, -0.2) is 0 Å². The Kier molecular flexibility index (Phi) is 7.13. The van der Waals surface area contributed by atoms with Crippen LogP contribution in [0.15, 0.2) is 48.5 Å². The van der Waals surface area contributed by atoms with Crippen molar-refractivity contribution in [1.29, 1.82) is 0 Å². The Morgan fingerprint density at radius 1 is 1.26 bits per heavy atom. The van der Waals surface area contributed by atoms with Crippen LogP contribution < -0.4 is 19.7 Å². The van der Waals surface area contributed by atoms with Crippen LogP contribution in [0.2, 0.25) is 0 Å². The molecule has 0 saturated carbocycles. The lowest BCUT2D eigenvalue weighted by atomic mass is 10.2. The van der Waals surface area contributed by atoms with Crippen molar-refractivity contribution in [2.24, 2.45) is 0 Å². The van der Waals surface area contributed by atoms with Gasteiger partial charge < -0.3 is 19.7 Å². The van der Waals surface area contributed by atoms with Crippen LogP contribution >= 0.6 is 0 Å². The van der Waals surface area contributed by atoms with Gasteiger partial charge in [0, 0.05) is 6.07 Å². The summed E-state index contributed by atoms with van der Waals surface area (Å²) in [6.07, 6.45) is 0. The number of quaternary nitrogens is 1. The van der Waals surface area contributed by atoms with E-state index in [-0.39, 0.29) is 23.4 Å². The number of hydrogen-bond donors (Lipinski definition) is 2. The number of nitro benzene ring substituents is 1. The van der Waals surface area contributed by atoms with Crippen molar-refractivity contribution in [2.45, 2.75) is 13.0 Å². The van der Waals surface area contributed by atoms with Gasteiger partial charge in [0.25, 0.3) is 11.6 Å². The number of non-ortho nitro benzene ring substituents is 1. The van der Waals surface area contributed by atoms with Crippen LogP contribution in [0, 0.1) is 10.1 Å². The second-order valence-corrected chi connectivity index (χ2v) is 6.11. The van der Waals surface area contributed by atoms with Crippen molar-refractivity contribution in [1.82, 2.24) is 0 Å². The number of hydrogen-bond acceptors (Lipinski definition) is 5. The van der Waals surface area contributed by atoms with Crippen LogP contribution in [0.4, 0.5) is 11.4 Å². The number of anilines is 1. The number of nitrogens with zero attached hydrogens (tertiary/aromatic N) is 1. The third kappa shape index (κ3) is 5.68. The topological polar surface area (TPSA) is 95.1 Å². The fourth-order valence-electron chi connectivity index (χ4n) is 2.42. The number of methoxy groups -OCH3 is 1. The van der Waals surface area contributed by atoms with E-state index in [0.29, 0.717) is 18.8 Å². The van der Waals surface area contributed by atoms with E-state index in [1.54, 1.807) is 0 Å². The molecule has 8 nitrogen and oxygen atoms in total. The molecule has 2 aromatic rings. The highest BCUT2D eigenvalue weighted by Crippen LogP contribution is 2.28. The van der Waals surface area contributed by atoms with E-state index in [1.807, 2.05) is 44.3 Å². The summed E-state index contributed by atoms with van der Waals surface area (Å²) in [6.45, 7) is 2.93. The minimum atomic E-state index is -0.512. The van der Waals surface area contributed by atoms with Crippen molar-refractivity contribution in [3.05, 3.63) is 58.6 Å². The SMILES string of the molecule is COc1cc([N+](=O)[O-])ccc1NC(=O)[C@@H](C)[NH+](C)CCOc1ccccc1. The first-order valence-electron chi connectivity index (χ1n) is 8.56. The molecule has 8 heteroatoms. The summed E-state index contributed by atoms with van der Waals surface area (Å²) < 4.78 is 10.8. The summed E-state index contributed by atoms with van der Waals surface area (Å²) in [4.78, 5) is 23.8. The van der Waals surface area contributed by atoms with Gasteiger partial charge in [0.1, 0.15) is 24.7 Å². The molecule has 0 radical (unpaired) electrons. The van der Waals surface area contributed by atoms with Gasteiger partial charge in [-0.15, -0.1) is 0 Å². The van der Waals surface area contributed by atoms with E-state index < -0.39 is 4.92 Å². The number of ether oxygens (including phenoxy) is 2. The predicted octanol–water partition coefficient (Wildman–Crippen LogP) is 1.52. The molecule has 144 valence electrons. The molecule has 0 bridgehead atoms. The molecule has 0 spiro atoms. The second kappa shape index (κ2) is 9.54. The molecule has 1 amide bonds. The molecule has 2 N–H and O–H groups in total. The van der Waals surface area contributed by atoms with Gasteiger partial charge in [0.05, 0.1) is 30.8 Å².